The molecule has 0 aliphatic rings. The second kappa shape index (κ2) is 8.80. The molecule has 0 aliphatic heterocycles. The molecule has 0 saturated heterocycles. The molecule has 0 spiro atoms. The summed E-state index contributed by atoms with van der Waals surface area (Å²) < 4.78 is 12.4. The van der Waals surface area contributed by atoms with Gasteiger partial charge in [-0.3, -0.25) is 4.79 Å². The minimum Gasteiger partial charge on any atom is -0.497 e. The number of carbonyl (C=O) groups is 1. The first-order chi connectivity index (χ1) is 13.6. The van der Waals surface area contributed by atoms with E-state index in [9.17, 15) is 4.79 Å². The zero-order chi connectivity index (χ0) is 20.1. The third-order valence-electron chi connectivity index (χ3n) is 4.43. The van der Waals surface area contributed by atoms with Crippen LogP contribution in [0.3, 0.4) is 0 Å². The minimum absolute atomic E-state index is 0.199. The predicted octanol–water partition coefficient (Wildman–Crippen LogP) is 4.04. The summed E-state index contributed by atoms with van der Waals surface area (Å²) >= 11 is 6.09. The van der Waals surface area contributed by atoms with Crippen LogP contribution in [0.15, 0.2) is 48.7 Å². The second-order valence-corrected chi connectivity index (χ2v) is 6.55. The number of carbonyl (C=O) groups excluding carboxylic acids is 1. The molecule has 2 aromatic carbocycles. The number of nitrogens with zero attached hydrogens (tertiary/aromatic N) is 2. The summed E-state index contributed by atoms with van der Waals surface area (Å²) in [6.07, 6.45) is 2.23. The van der Waals surface area contributed by atoms with Crippen molar-refractivity contribution in [3.8, 4) is 17.2 Å². The summed E-state index contributed by atoms with van der Waals surface area (Å²) in [4.78, 5) is 12.8. The highest BCUT2D eigenvalue weighted by atomic mass is 35.5. The van der Waals surface area contributed by atoms with Crippen molar-refractivity contribution in [2.45, 2.75) is 19.9 Å². The number of hydrogen-bond donors (Lipinski definition) is 1. The fourth-order valence-electron chi connectivity index (χ4n) is 3.02. The van der Waals surface area contributed by atoms with Gasteiger partial charge in [0.15, 0.2) is 0 Å². The van der Waals surface area contributed by atoms with Gasteiger partial charge in [-0.2, -0.15) is 5.10 Å². The molecule has 0 bridgehead atoms. The molecule has 7 heteroatoms. The van der Waals surface area contributed by atoms with E-state index in [-0.39, 0.29) is 5.91 Å². The van der Waals surface area contributed by atoms with Crippen LogP contribution in [0.5, 0.6) is 11.5 Å². The summed E-state index contributed by atoms with van der Waals surface area (Å²) in [5.41, 5.74) is 3.00. The number of aromatic nitrogens is 2. The molecule has 1 amide bonds. The fraction of sp³-hybridized carbons (Fsp3) is 0.238. The standard InChI is InChI=1S/C21H22ClN3O3/c1-4-19-18(13-24-25(19)16-7-5-6-15(22)11-16)21(26)23-12-14-10-17(27-2)8-9-20(14)28-3/h5-11,13H,4,12H2,1-3H3,(H,23,26). The maximum absolute atomic E-state index is 12.8. The zero-order valence-electron chi connectivity index (χ0n) is 16.0. The Morgan fingerprint density at radius 1 is 1.18 bits per heavy atom. The molecule has 0 atom stereocenters. The van der Waals surface area contributed by atoms with Crippen molar-refractivity contribution >= 4 is 17.5 Å². The van der Waals surface area contributed by atoms with Crippen LogP contribution in [0.2, 0.25) is 5.02 Å². The van der Waals surface area contributed by atoms with Crippen LogP contribution in [-0.4, -0.2) is 29.9 Å². The van der Waals surface area contributed by atoms with E-state index < -0.39 is 0 Å². The fourth-order valence-corrected chi connectivity index (χ4v) is 3.21. The van der Waals surface area contributed by atoms with Crippen LogP contribution in [0, 0.1) is 0 Å². The van der Waals surface area contributed by atoms with Crippen LogP contribution in [0.4, 0.5) is 0 Å². The van der Waals surface area contributed by atoms with Gasteiger partial charge in [0.05, 0.1) is 37.4 Å². The maximum Gasteiger partial charge on any atom is 0.255 e. The van der Waals surface area contributed by atoms with E-state index in [1.165, 1.54) is 0 Å². The van der Waals surface area contributed by atoms with Gasteiger partial charge in [-0.15, -0.1) is 0 Å². The van der Waals surface area contributed by atoms with E-state index in [4.69, 9.17) is 21.1 Å². The Kier molecular flexibility index (Phi) is 6.21. The van der Waals surface area contributed by atoms with E-state index in [1.807, 2.05) is 43.3 Å². The zero-order valence-corrected chi connectivity index (χ0v) is 16.8. The van der Waals surface area contributed by atoms with Crippen molar-refractivity contribution in [2.75, 3.05) is 14.2 Å². The Hall–Kier alpha value is -2.99. The smallest absolute Gasteiger partial charge is 0.255 e. The van der Waals surface area contributed by atoms with Gasteiger partial charge >= 0.3 is 0 Å². The Morgan fingerprint density at radius 2 is 2.00 bits per heavy atom. The molecule has 0 saturated carbocycles. The molecular weight excluding hydrogens is 378 g/mol. The first kappa shape index (κ1) is 19.8. The van der Waals surface area contributed by atoms with Crippen molar-refractivity contribution in [1.29, 1.82) is 0 Å². The first-order valence-corrected chi connectivity index (χ1v) is 9.27. The molecule has 0 radical (unpaired) electrons. The molecule has 3 aromatic rings. The minimum atomic E-state index is -0.199. The molecule has 28 heavy (non-hydrogen) atoms. The maximum atomic E-state index is 12.8. The number of rotatable bonds is 7. The highest BCUT2D eigenvalue weighted by molar-refractivity contribution is 6.30. The lowest BCUT2D eigenvalue weighted by Gasteiger charge is -2.12. The highest BCUT2D eigenvalue weighted by Crippen LogP contribution is 2.24. The van der Waals surface area contributed by atoms with E-state index in [1.54, 1.807) is 31.2 Å². The van der Waals surface area contributed by atoms with Gasteiger partial charge in [-0.25, -0.2) is 4.68 Å². The van der Waals surface area contributed by atoms with Crippen molar-refractivity contribution in [1.82, 2.24) is 15.1 Å². The van der Waals surface area contributed by atoms with Gasteiger partial charge in [0.1, 0.15) is 11.5 Å². The molecule has 1 heterocycles. The summed E-state index contributed by atoms with van der Waals surface area (Å²) in [6.45, 7) is 2.30. The second-order valence-electron chi connectivity index (χ2n) is 6.11. The lowest BCUT2D eigenvalue weighted by Crippen LogP contribution is -2.24. The van der Waals surface area contributed by atoms with Crippen LogP contribution in [-0.2, 0) is 13.0 Å². The van der Waals surface area contributed by atoms with Crippen LogP contribution in [0.25, 0.3) is 5.69 Å². The van der Waals surface area contributed by atoms with Crippen LogP contribution in [0.1, 0.15) is 28.5 Å². The third kappa shape index (κ3) is 4.12. The number of amides is 1. The first-order valence-electron chi connectivity index (χ1n) is 8.89. The van der Waals surface area contributed by atoms with Gasteiger partial charge in [0.2, 0.25) is 0 Å². The molecule has 3 rings (SSSR count). The molecule has 146 valence electrons. The number of hydrogen-bond acceptors (Lipinski definition) is 4. The Morgan fingerprint density at radius 3 is 2.68 bits per heavy atom. The van der Waals surface area contributed by atoms with Gasteiger partial charge < -0.3 is 14.8 Å². The Labute approximate surface area is 169 Å². The normalized spacial score (nSPS) is 10.6. The molecule has 1 N–H and O–H groups in total. The van der Waals surface area contributed by atoms with Crippen molar-refractivity contribution in [2.24, 2.45) is 0 Å². The molecule has 0 aliphatic carbocycles. The number of methoxy groups -OCH3 is 2. The molecule has 0 unspecified atom stereocenters. The molecule has 1 aromatic heterocycles. The van der Waals surface area contributed by atoms with E-state index in [0.717, 1.165) is 16.9 Å². The summed E-state index contributed by atoms with van der Waals surface area (Å²) in [7, 11) is 3.19. The predicted molar refractivity (Wildman–Crippen MR) is 109 cm³/mol. The summed E-state index contributed by atoms with van der Waals surface area (Å²) in [5, 5.41) is 7.94. The summed E-state index contributed by atoms with van der Waals surface area (Å²) in [5.74, 6) is 1.19. The van der Waals surface area contributed by atoms with Crippen LogP contribution >= 0.6 is 11.6 Å². The van der Waals surface area contributed by atoms with Gasteiger partial charge in [0, 0.05) is 17.1 Å². The van der Waals surface area contributed by atoms with Crippen molar-refractivity contribution in [3.05, 3.63) is 70.5 Å². The lowest BCUT2D eigenvalue weighted by atomic mass is 10.1. The molecular formula is C21H22ClN3O3. The van der Waals surface area contributed by atoms with Crippen molar-refractivity contribution < 1.29 is 14.3 Å². The average molecular weight is 400 g/mol. The average Bonchev–Trinajstić information content (AvgIpc) is 3.16. The number of halogens is 1. The largest absolute Gasteiger partial charge is 0.497 e. The van der Waals surface area contributed by atoms with Crippen LogP contribution < -0.4 is 14.8 Å². The topological polar surface area (TPSA) is 65.4 Å². The van der Waals surface area contributed by atoms with E-state index in [0.29, 0.717) is 35.1 Å². The highest BCUT2D eigenvalue weighted by Gasteiger charge is 2.18. The number of nitrogens with one attached hydrogen (secondary N) is 1. The lowest BCUT2D eigenvalue weighted by molar-refractivity contribution is 0.0949. The SMILES string of the molecule is CCc1c(C(=O)NCc2cc(OC)ccc2OC)cnn1-c1cccc(Cl)c1. The van der Waals surface area contributed by atoms with Gasteiger partial charge in [-0.1, -0.05) is 24.6 Å². The molecule has 6 nitrogen and oxygen atoms in total. The van der Waals surface area contributed by atoms with E-state index >= 15 is 0 Å². The van der Waals surface area contributed by atoms with Gasteiger partial charge in [-0.05, 0) is 42.8 Å². The van der Waals surface area contributed by atoms with E-state index in [2.05, 4.69) is 10.4 Å². The third-order valence-corrected chi connectivity index (χ3v) is 4.66. The number of ether oxygens (including phenoxy) is 2. The van der Waals surface area contributed by atoms with Crippen molar-refractivity contribution in [3.63, 3.8) is 0 Å². The Bertz CT molecular complexity index is 985. The Balaban J connectivity index is 1.82. The quantitative estimate of drug-likeness (QED) is 0.651. The van der Waals surface area contributed by atoms with Gasteiger partial charge in [0.25, 0.3) is 5.91 Å². The monoisotopic (exact) mass is 399 g/mol. The summed E-state index contributed by atoms with van der Waals surface area (Å²) in [6, 6.07) is 12.8. The number of benzene rings is 2. The molecule has 0 fully saturated rings.